The van der Waals surface area contributed by atoms with Gasteiger partial charge in [0.1, 0.15) is 0 Å². The SMILES string of the molecule is O=C(O)c1cn(CCSc2ccc(Cl)cn2)nn1. The molecule has 2 aromatic rings. The third-order valence-electron chi connectivity index (χ3n) is 2.03. The predicted octanol–water partition coefficient (Wildman–Crippen LogP) is 1.82. The van der Waals surface area contributed by atoms with Crippen LogP contribution in [0.1, 0.15) is 10.5 Å². The standard InChI is InChI=1S/C10H9ClN4O2S/c11-7-1-2-9(12-5-7)18-4-3-15-6-8(10(16)17)13-14-15/h1-2,5-6H,3-4H2,(H,16,17). The summed E-state index contributed by atoms with van der Waals surface area (Å²) in [6.45, 7) is 0.565. The van der Waals surface area contributed by atoms with Crippen LogP contribution in [-0.4, -0.2) is 36.8 Å². The minimum atomic E-state index is -1.08. The zero-order valence-electron chi connectivity index (χ0n) is 9.15. The van der Waals surface area contributed by atoms with Gasteiger partial charge in [-0.25, -0.2) is 9.78 Å². The Morgan fingerprint density at radius 1 is 1.50 bits per heavy atom. The number of thioether (sulfide) groups is 1. The maximum absolute atomic E-state index is 10.6. The molecule has 0 aromatic carbocycles. The maximum Gasteiger partial charge on any atom is 0.358 e. The minimum absolute atomic E-state index is 0.0513. The first kappa shape index (κ1) is 12.8. The summed E-state index contributed by atoms with van der Waals surface area (Å²) >= 11 is 7.26. The van der Waals surface area contributed by atoms with Crippen molar-refractivity contribution in [2.75, 3.05) is 5.75 Å². The highest BCUT2D eigenvalue weighted by molar-refractivity contribution is 7.99. The predicted molar refractivity (Wildman–Crippen MR) is 67.0 cm³/mol. The fourth-order valence-corrected chi connectivity index (χ4v) is 2.09. The third kappa shape index (κ3) is 3.44. The van der Waals surface area contributed by atoms with Crippen molar-refractivity contribution in [3.8, 4) is 0 Å². The van der Waals surface area contributed by atoms with E-state index in [0.29, 0.717) is 11.6 Å². The van der Waals surface area contributed by atoms with Crippen molar-refractivity contribution < 1.29 is 9.90 Å². The number of aromatic carboxylic acids is 1. The summed E-state index contributed by atoms with van der Waals surface area (Å²) in [5.74, 6) is -0.356. The zero-order chi connectivity index (χ0) is 13.0. The summed E-state index contributed by atoms with van der Waals surface area (Å²) in [5, 5.41) is 17.4. The van der Waals surface area contributed by atoms with Crippen LogP contribution in [0.25, 0.3) is 0 Å². The lowest BCUT2D eigenvalue weighted by atomic mass is 10.5. The Balaban J connectivity index is 1.84. The van der Waals surface area contributed by atoms with Crippen molar-refractivity contribution in [1.29, 1.82) is 0 Å². The first-order valence-corrected chi connectivity index (χ1v) is 6.39. The lowest BCUT2D eigenvalue weighted by Crippen LogP contribution is -2.01. The quantitative estimate of drug-likeness (QED) is 0.844. The molecule has 0 saturated heterocycles. The highest BCUT2D eigenvalue weighted by atomic mass is 35.5. The number of rotatable bonds is 5. The van der Waals surface area contributed by atoms with Gasteiger partial charge in [-0.3, -0.25) is 4.68 Å². The second kappa shape index (κ2) is 5.83. The van der Waals surface area contributed by atoms with Crippen LogP contribution in [0.3, 0.4) is 0 Å². The zero-order valence-corrected chi connectivity index (χ0v) is 10.7. The van der Waals surface area contributed by atoms with E-state index in [1.165, 1.54) is 22.6 Å². The van der Waals surface area contributed by atoms with Gasteiger partial charge in [-0.1, -0.05) is 16.8 Å². The van der Waals surface area contributed by atoms with Gasteiger partial charge in [0, 0.05) is 11.9 Å². The van der Waals surface area contributed by atoms with Gasteiger partial charge in [0.25, 0.3) is 0 Å². The number of hydrogen-bond acceptors (Lipinski definition) is 5. The molecule has 8 heteroatoms. The molecule has 2 heterocycles. The molecular weight excluding hydrogens is 276 g/mol. The molecule has 0 bridgehead atoms. The molecule has 6 nitrogen and oxygen atoms in total. The number of nitrogens with zero attached hydrogens (tertiary/aromatic N) is 4. The molecule has 2 aromatic heterocycles. The molecule has 0 aliphatic carbocycles. The smallest absolute Gasteiger partial charge is 0.358 e. The lowest BCUT2D eigenvalue weighted by Gasteiger charge is -2.00. The van der Waals surface area contributed by atoms with E-state index in [1.807, 2.05) is 6.07 Å². The Kier molecular flexibility index (Phi) is 4.16. The normalized spacial score (nSPS) is 10.5. The second-order valence-corrected chi connectivity index (χ2v) is 4.89. The molecule has 1 N–H and O–H groups in total. The summed E-state index contributed by atoms with van der Waals surface area (Å²) in [5.41, 5.74) is -0.0513. The Bertz CT molecular complexity index is 543. The van der Waals surface area contributed by atoms with E-state index in [0.717, 1.165) is 10.8 Å². The van der Waals surface area contributed by atoms with Gasteiger partial charge in [0.05, 0.1) is 22.8 Å². The molecule has 0 amide bonds. The van der Waals surface area contributed by atoms with Crippen molar-refractivity contribution in [2.24, 2.45) is 0 Å². The summed E-state index contributed by atoms with van der Waals surface area (Å²) in [6.07, 6.45) is 2.99. The minimum Gasteiger partial charge on any atom is -0.476 e. The van der Waals surface area contributed by atoms with E-state index in [1.54, 1.807) is 12.3 Å². The Labute approximate surface area is 112 Å². The number of aromatic nitrogens is 4. The first-order chi connectivity index (χ1) is 8.65. The number of carbonyl (C=O) groups is 1. The van der Waals surface area contributed by atoms with Crippen molar-refractivity contribution in [3.63, 3.8) is 0 Å². The van der Waals surface area contributed by atoms with E-state index in [2.05, 4.69) is 15.3 Å². The number of pyridine rings is 1. The molecular formula is C10H9ClN4O2S. The van der Waals surface area contributed by atoms with Crippen LogP contribution in [0.15, 0.2) is 29.6 Å². The van der Waals surface area contributed by atoms with Crippen molar-refractivity contribution in [1.82, 2.24) is 20.0 Å². The molecule has 0 spiro atoms. The van der Waals surface area contributed by atoms with E-state index >= 15 is 0 Å². The van der Waals surface area contributed by atoms with Crippen molar-refractivity contribution in [2.45, 2.75) is 11.6 Å². The number of carboxylic acid groups (broad SMARTS) is 1. The second-order valence-electron chi connectivity index (χ2n) is 3.34. The Morgan fingerprint density at radius 3 is 2.94 bits per heavy atom. The Morgan fingerprint density at radius 2 is 2.33 bits per heavy atom. The van der Waals surface area contributed by atoms with Gasteiger partial charge in [0.15, 0.2) is 5.69 Å². The van der Waals surface area contributed by atoms with E-state index in [4.69, 9.17) is 16.7 Å². The average Bonchev–Trinajstić information content (AvgIpc) is 2.81. The van der Waals surface area contributed by atoms with E-state index in [9.17, 15) is 4.79 Å². The Hall–Kier alpha value is -1.60. The average molecular weight is 285 g/mol. The van der Waals surface area contributed by atoms with Crippen LogP contribution in [0.5, 0.6) is 0 Å². The largest absolute Gasteiger partial charge is 0.476 e. The molecule has 0 aliphatic heterocycles. The van der Waals surface area contributed by atoms with Gasteiger partial charge in [-0.2, -0.15) is 0 Å². The molecule has 2 rings (SSSR count). The topological polar surface area (TPSA) is 80.9 Å². The molecule has 0 aliphatic rings. The van der Waals surface area contributed by atoms with Crippen LogP contribution in [-0.2, 0) is 6.54 Å². The summed E-state index contributed by atoms with van der Waals surface area (Å²) < 4.78 is 1.49. The van der Waals surface area contributed by atoms with Gasteiger partial charge in [-0.15, -0.1) is 16.9 Å². The van der Waals surface area contributed by atoms with Crippen LogP contribution >= 0.6 is 23.4 Å². The third-order valence-corrected chi connectivity index (χ3v) is 3.18. The fourth-order valence-electron chi connectivity index (χ4n) is 1.20. The van der Waals surface area contributed by atoms with Crippen LogP contribution in [0, 0.1) is 0 Å². The van der Waals surface area contributed by atoms with E-state index < -0.39 is 5.97 Å². The molecule has 0 saturated carbocycles. The molecule has 0 unspecified atom stereocenters. The van der Waals surface area contributed by atoms with Crippen molar-refractivity contribution in [3.05, 3.63) is 35.2 Å². The van der Waals surface area contributed by atoms with Gasteiger partial charge >= 0.3 is 5.97 Å². The highest BCUT2D eigenvalue weighted by Crippen LogP contribution is 2.17. The molecule has 18 heavy (non-hydrogen) atoms. The lowest BCUT2D eigenvalue weighted by molar-refractivity contribution is 0.0690. The van der Waals surface area contributed by atoms with Crippen LogP contribution in [0.4, 0.5) is 0 Å². The molecule has 0 fully saturated rings. The highest BCUT2D eigenvalue weighted by Gasteiger charge is 2.07. The van der Waals surface area contributed by atoms with Gasteiger partial charge in [0.2, 0.25) is 0 Å². The summed E-state index contributed by atoms with van der Waals surface area (Å²) in [7, 11) is 0. The van der Waals surface area contributed by atoms with E-state index in [-0.39, 0.29) is 5.69 Å². The number of aryl methyl sites for hydroxylation is 1. The summed E-state index contributed by atoms with van der Waals surface area (Å²) in [4.78, 5) is 14.7. The monoisotopic (exact) mass is 284 g/mol. The number of hydrogen-bond donors (Lipinski definition) is 1. The van der Waals surface area contributed by atoms with Crippen molar-refractivity contribution >= 4 is 29.3 Å². The fraction of sp³-hybridized carbons (Fsp3) is 0.200. The first-order valence-electron chi connectivity index (χ1n) is 5.03. The van der Waals surface area contributed by atoms with Crippen LogP contribution < -0.4 is 0 Å². The molecule has 0 radical (unpaired) electrons. The van der Waals surface area contributed by atoms with Gasteiger partial charge in [-0.05, 0) is 12.1 Å². The van der Waals surface area contributed by atoms with Crippen LogP contribution in [0.2, 0.25) is 5.02 Å². The molecule has 94 valence electrons. The summed E-state index contributed by atoms with van der Waals surface area (Å²) in [6, 6.07) is 3.60. The number of carboxylic acids is 1. The van der Waals surface area contributed by atoms with Gasteiger partial charge < -0.3 is 5.11 Å². The number of halogens is 1. The maximum atomic E-state index is 10.6. The molecule has 0 atom stereocenters.